The fourth-order valence-electron chi connectivity index (χ4n) is 2.71. The van der Waals surface area contributed by atoms with Gasteiger partial charge in [0.25, 0.3) is 5.91 Å². The van der Waals surface area contributed by atoms with Gasteiger partial charge in [-0.05, 0) is 37.8 Å². The van der Waals surface area contributed by atoms with Crippen molar-refractivity contribution in [1.82, 2.24) is 5.32 Å². The Balaban J connectivity index is 1.95. The molecule has 0 aliphatic carbocycles. The van der Waals surface area contributed by atoms with Crippen molar-refractivity contribution in [3.05, 3.63) is 59.0 Å². The number of ether oxygens (including phenoxy) is 1. The first kappa shape index (κ1) is 18.8. The first-order chi connectivity index (χ1) is 11.9. The maximum absolute atomic E-state index is 12.2. The molecule has 1 aromatic heterocycles. The Morgan fingerprint density at radius 3 is 2.40 bits per heavy atom. The van der Waals surface area contributed by atoms with E-state index in [1.54, 1.807) is 19.9 Å². The molecule has 25 heavy (non-hydrogen) atoms. The van der Waals surface area contributed by atoms with Gasteiger partial charge in [-0.25, -0.2) is 4.79 Å². The van der Waals surface area contributed by atoms with E-state index in [9.17, 15) is 9.59 Å². The van der Waals surface area contributed by atoms with Crippen molar-refractivity contribution in [2.24, 2.45) is 5.92 Å². The van der Waals surface area contributed by atoms with Crippen LogP contribution in [0.2, 0.25) is 0 Å². The van der Waals surface area contributed by atoms with E-state index in [0.717, 1.165) is 12.0 Å². The summed E-state index contributed by atoms with van der Waals surface area (Å²) in [6.07, 6.45) is 0.809. The average Bonchev–Trinajstić information content (AvgIpc) is 2.91. The maximum Gasteiger partial charge on any atom is 0.342 e. The van der Waals surface area contributed by atoms with E-state index >= 15 is 0 Å². The topological polar surface area (TPSA) is 68.5 Å². The number of hydrogen-bond donors (Lipinski definition) is 1. The van der Waals surface area contributed by atoms with Crippen molar-refractivity contribution in [3.8, 4) is 0 Å². The van der Waals surface area contributed by atoms with Crippen LogP contribution in [-0.2, 0) is 9.53 Å². The summed E-state index contributed by atoms with van der Waals surface area (Å²) in [4.78, 5) is 24.3. The Morgan fingerprint density at radius 2 is 1.84 bits per heavy atom. The summed E-state index contributed by atoms with van der Waals surface area (Å²) >= 11 is 0. The molecule has 0 spiro atoms. The molecule has 1 aromatic carbocycles. The Bertz CT molecular complexity index is 719. The largest absolute Gasteiger partial charge is 0.466 e. The maximum atomic E-state index is 12.2. The van der Waals surface area contributed by atoms with Gasteiger partial charge in [0.1, 0.15) is 17.1 Å². The lowest BCUT2D eigenvalue weighted by molar-refractivity contribution is -0.125. The SMILES string of the molecule is Cc1cc(C(=O)OCC(=O)N[C@H](CC(C)C)c2ccccc2)c(C)o1. The second-order valence-corrected chi connectivity index (χ2v) is 6.56. The molecule has 1 amide bonds. The molecule has 2 aromatic rings. The first-order valence-electron chi connectivity index (χ1n) is 8.45. The summed E-state index contributed by atoms with van der Waals surface area (Å²) in [6, 6.07) is 11.3. The molecule has 0 aliphatic rings. The zero-order chi connectivity index (χ0) is 18.4. The lowest BCUT2D eigenvalue weighted by atomic mass is 9.97. The zero-order valence-corrected chi connectivity index (χ0v) is 15.2. The summed E-state index contributed by atoms with van der Waals surface area (Å²) in [6.45, 7) is 7.34. The fourth-order valence-corrected chi connectivity index (χ4v) is 2.71. The number of benzene rings is 1. The van der Waals surface area contributed by atoms with Gasteiger partial charge in [0, 0.05) is 0 Å². The van der Waals surface area contributed by atoms with Crippen LogP contribution in [-0.4, -0.2) is 18.5 Å². The van der Waals surface area contributed by atoms with Gasteiger partial charge in [0.2, 0.25) is 0 Å². The standard InChI is InChI=1S/C20H25NO4/c1-13(2)10-18(16-8-6-5-7-9-16)21-19(22)12-24-20(23)17-11-14(3)25-15(17)4/h5-9,11,13,18H,10,12H2,1-4H3,(H,21,22)/t18-/m1/s1. The second kappa shape index (κ2) is 8.51. The highest BCUT2D eigenvalue weighted by atomic mass is 16.5. The number of esters is 1. The third-order valence-corrected chi connectivity index (χ3v) is 3.84. The molecule has 1 atom stereocenters. The normalized spacial score (nSPS) is 12.0. The predicted molar refractivity (Wildman–Crippen MR) is 95.2 cm³/mol. The van der Waals surface area contributed by atoms with Gasteiger partial charge in [0.15, 0.2) is 6.61 Å². The molecular weight excluding hydrogens is 318 g/mol. The molecule has 0 bridgehead atoms. The van der Waals surface area contributed by atoms with E-state index in [1.165, 1.54) is 0 Å². The number of rotatable bonds is 7. The number of carbonyl (C=O) groups is 2. The summed E-state index contributed by atoms with van der Waals surface area (Å²) in [7, 11) is 0. The highest BCUT2D eigenvalue weighted by molar-refractivity contribution is 5.92. The highest BCUT2D eigenvalue weighted by Gasteiger charge is 2.19. The zero-order valence-electron chi connectivity index (χ0n) is 15.2. The van der Waals surface area contributed by atoms with Crippen LogP contribution in [0.5, 0.6) is 0 Å². The smallest absolute Gasteiger partial charge is 0.342 e. The lowest BCUT2D eigenvalue weighted by Gasteiger charge is -2.21. The molecule has 0 saturated heterocycles. The number of amides is 1. The summed E-state index contributed by atoms with van der Waals surface area (Å²) in [5, 5.41) is 2.95. The van der Waals surface area contributed by atoms with Gasteiger partial charge in [-0.3, -0.25) is 4.79 Å². The molecule has 0 aliphatic heterocycles. The minimum Gasteiger partial charge on any atom is -0.466 e. The van der Waals surface area contributed by atoms with Crippen LogP contribution in [0.15, 0.2) is 40.8 Å². The fraction of sp³-hybridized carbons (Fsp3) is 0.400. The molecule has 1 N–H and O–H groups in total. The number of carbonyl (C=O) groups excluding carboxylic acids is 2. The molecule has 0 radical (unpaired) electrons. The summed E-state index contributed by atoms with van der Waals surface area (Å²) < 4.78 is 10.4. The monoisotopic (exact) mass is 343 g/mol. The summed E-state index contributed by atoms with van der Waals surface area (Å²) in [5.41, 5.74) is 1.39. The lowest BCUT2D eigenvalue weighted by Crippen LogP contribution is -2.33. The molecule has 2 rings (SSSR count). The van der Waals surface area contributed by atoms with Gasteiger partial charge < -0.3 is 14.5 Å². The van der Waals surface area contributed by atoms with Gasteiger partial charge in [-0.15, -0.1) is 0 Å². The van der Waals surface area contributed by atoms with Gasteiger partial charge >= 0.3 is 5.97 Å². The van der Waals surface area contributed by atoms with Crippen molar-refractivity contribution in [2.75, 3.05) is 6.61 Å². The predicted octanol–water partition coefficient (Wildman–Crippen LogP) is 3.96. The number of furan rings is 1. The number of aryl methyl sites for hydroxylation is 2. The van der Waals surface area contributed by atoms with Crippen molar-refractivity contribution < 1.29 is 18.7 Å². The second-order valence-electron chi connectivity index (χ2n) is 6.56. The Morgan fingerprint density at radius 1 is 1.16 bits per heavy atom. The van der Waals surface area contributed by atoms with E-state index in [2.05, 4.69) is 19.2 Å². The molecular formula is C20H25NO4. The van der Waals surface area contributed by atoms with Crippen LogP contribution in [0.3, 0.4) is 0 Å². The number of hydrogen-bond acceptors (Lipinski definition) is 4. The Labute approximate surface area is 148 Å². The van der Waals surface area contributed by atoms with Crippen LogP contribution >= 0.6 is 0 Å². The third-order valence-electron chi connectivity index (χ3n) is 3.84. The van der Waals surface area contributed by atoms with E-state index in [0.29, 0.717) is 23.0 Å². The van der Waals surface area contributed by atoms with Crippen molar-refractivity contribution >= 4 is 11.9 Å². The molecule has 0 fully saturated rings. The average molecular weight is 343 g/mol. The molecule has 1 heterocycles. The van der Waals surface area contributed by atoms with E-state index in [1.807, 2.05) is 30.3 Å². The van der Waals surface area contributed by atoms with E-state index in [-0.39, 0.29) is 18.6 Å². The molecule has 134 valence electrons. The van der Waals surface area contributed by atoms with Gasteiger partial charge in [-0.2, -0.15) is 0 Å². The van der Waals surface area contributed by atoms with E-state index < -0.39 is 5.97 Å². The molecule has 5 heteroatoms. The molecule has 5 nitrogen and oxygen atoms in total. The van der Waals surface area contributed by atoms with Crippen LogP contribution in [0.25, 0.3) is 0 Å². The summed E-state index contributed by atoms with van der Waals surface area (Å²) in [5.74, 6) is 0.676. The van der Waals surface area contributed by atoms with Crippen molar-refractivity contribution in [2.45, 2.75) is 40.2 Å². The van der Waals surface area contributed by atoms with Crippen LogP contribution in [0.1, 0.15) is 53.8 Å². The highest BCUT2D eigenvalue weighted by Crippen LogP contribution is 2.21. The Kier molecular flexibility index (Phi) is 6.39. The third kappa shape index (κ3) is 5.48. The van der Waals surface area contributed by atoms with Crippen LogP contribution in [0.4, 0.5) is 0 Å². The quantitative estimate of drug-likeness (QED) is 0.773. The minimum absolute atomic E-state index is 0.106. The van der Waals surface area contributed by atoms with Crippen molar-refractivity contribution in [1.29, 1.82) is 0 Å². The number of nitrogens with one attached hydrogen (secondary N) is 1. The van der Waals surface area contributed by atoms with Gasteiger partial charge in [0.05, 0.1) is 6.04 Å². The van der Waals surface area contributed by atoms with Crippen LogP contribution in [0, 0.1) is 19.8 Å². The first-order valence-corrected chi connectivity index (χ1v) is 8.45. The van der Waals surface area contributed by atoms with E-state index in [4.69, 9.17) is 9.15 Å². The molecule has 0 unspecified atom stereocenters. The van der Waals surface area contributed by atoms with Crippen LogP contribution < -0.4 is 5.32 Å². The van der Waals surface area contributed by atoms with Gasteiger partial charge in [-0.1, -0.05) is 44.2 Å². The minimum atomic E-state index is -0.551. The Hall–Kier alpha value is -2.56. The van der Waals surface area contributed by atoms with Crippen molar-refractivity contribution in [3.63, 3.8) is 0 Å². The molecule has 0 saturated carbocycles.